The number of H-pyrrole nitrogens is 1. The van der Waals surface area contributed by atoms with Crippen LogP contribution < -0.4 is 15.1 Å². The average Bonchev–Trinajstić information content (AvgIpc) is 2.57. The van der Waals surface area contributed by atoms with E-state index in [1.54, 1.807) is 15.7 Å². The molecule has 0 saturated carbocycles. The topological polar surface area (TPSA) is 69.9 Å². The largest absolute Gasteiger partial charge is 0.325 e. The van der Waals surface area contributed by atoms with Crippen molar-refractivity contribution in [2.45, 2.75) is 31.6 Å². The molecule has 124 valence electrons. The van der Waals surface area contributed by atoms with E-state index < -0.39 is 0 Å². The Hall–Kier alpha value is -2.41. The van der Waals surface area contributed by atoms with Crippen LogP contribution in [0.5, 0.6) is 0 Å². The monoisotopic (exact) mass is 343 g/mol. The molecule has 1 aromatic carbocycles. The Kier molecular flexibility index (Phi) is 4.53. The quantitative estimate of drug-likeness (QED) is 0.525. The standard InChI is InChI=1S/C17H18N4O2S/c1-4-10-24-17-18-16(23)15-12-8-6-7-9-13(12)20(11(3)22)14(5-2)21(15)19-17/h4,6-9,14H,1,5,10H2,2-3H3/p+1. The van der Waals surface area contributed by atoms with Gasteiger partial charge in [-0.1, -0.05) is 41.6 Å². The average molecular weight is 343 g/mol. The summed E-state index contributed by atoms with van der Waals surface area (Å²) in [6.45, 7) is 7.19. The van der Waals surface area contributed by atoms with Crippen LogP contribution in [0.1, 0.15) is 26.4 Å². The van der Waals surface area contributed by atoms with E-state index in [-0.39, 0.29) is 17.6 Å². The van der Waals surface area contributed by atoms with Gasteiger partial charge in [0.05, 0.1) is 11.3 Å². The minimum absolute atomic E-state index is 0.0742. The molecule has 0 spiro atoms. The maximum Gasteiger partial charge on any atom is 0.325 e. The predicted octanol–water partition coefficient (Wildman–Crippen LogP) is 2.28. The van der Waals surface area contributed by atoms with Crippen molar-refractivity contribution < 1.29 is 9.48 Å². The van der Waals surface area contributed by atoms with E-state index in [2.05, 4.69) is 16.7 Å². The number of nitrogens with zero attached hydrogens (tertiary/aromatic N) is 3. The Balaban J connectivity index is 2.27. The van der Waals surface area contributed by atoms with Crippen LogP contribution in [0.4, 0.5) is 5.69 Å². The van der Waals surface area contributed by atoms with E-state index in [1.165, 1.54) is 18.7 Å². The minimum atomic E-state index is -0.321. The second-order valence-electron chi connectivity index (χ2n) is 5.45. The van der Waals surface area contributed by atoms with E-state index in [0.717, 1.165) is 5.69 Å². The highest BCUT2D eigenvalue weighted by molar-refractivity contribution is 7.99. The van der Waals surface area contributed by atoms with Crippen molar-refractivity contribution in [1.29, 1.82) is 0 Å². The molecule has 24 heavy (non-hydrogen) atoms. The second kappa shape index (κ2) is 6.60. The van der Waals surface area contributed by atoms with Crippen LogP contribution in [0.3, 0.4) is 0 Å². The number of thioether (sulfide) groups is 1. The molecular formula is C17H19N4O2S+. The molecule has 2 heterocycles. The van der Waals surface area contributed by atoms with Crippen LogP contribution in [-0.4, -0.2) is 21.7 Å². The molecule has 1 amide bonds. The maximum absolute atomic E-state index is 12.7. The lowest BCUT2D eigenvalue weighted by Gasteiger charge is -2.30. The molecule has 0 saturated heterocycles. The number of hydrogen-bond donors (Lipinski definition) is 1. The number of para-hydroxylation sites is 1. The molecule has 1 atom stereocenters. The van der Waals surface area contributed by atoms with Crippen molar-refractivity contribution in [1.82, 2.24) is 10.1 Å². The molecule has 1 unspecified atom stereocenters. The summed E-state index contributed by atoms with van der Waals surface area (Å²) in [6, 6.07) is 7.43. The zero-order chi connectivity index (χ0) is 17.3. The number of rotatable bonds is 4. The summed E-state index contributed by atoms with van der Waals surface area (Å²) in [7, 11) is 0. The van der Waals surface area contributed by atoms with Gasteiger partial charge in [-0.3, -0.25) is 19.5 Å². The normalized spacial score (nSPS) is 15.6. The Morgan fingerprint density at radius 1 is 1.50 bits per heavy atom. The first-order chi connectivity index (χ1) is 11.6. The lowest BCUT2D eigenvalue weighted by Crippen LogP contribution is -2.60. The number of fused-ring (bicyclic) bond motifs is 3. The molecule has 1 aliphatic rings. The van der Waals surface area contributed by atoms with Crippen molar-refractivity contribution in [2.24, 2.45) is 0 Å². The van der Waals surface area contributed by atoms with Crippen LogP contribution >= 0.6 is 11.8 Å². The van der Waals surface area contributed by atoms with E-state index in [1.807, 2.05) is 31.2 Å². The van der Waals surface area contributed by atoms with Crippen LogP contribution in [0.2, 0.25) is 0 Å². The molecule has 3 rings (SSSR count). The molecule has 6 nitrogen and oxygen atoms in total. The summed E-state index contributed by atoms with van der Waals surface area (Å²) < 4.78 is 1.67. The molecule has 2 aromatic rings. The van der Waals surface area contributed by atoms with E-state index >= 15 is 0 Å². The van der Waals surface area contributed by atoms with Gasteiger partial charge < -0.3 is 0 Å². The second-order valence-corrected chi connectivity index (χ2v) is 6.46. The fraction of sp³-hybridized carbons (Fsp3) is 0.294. The third-order valence-electron chi connectivity index (χ3n) is 3.90. The van der Waals surface area contributed by atoms with Gasteiger partial charge in [0.2, 0.25) is 11.1 Å². The molecular weight excluding hydrogens is 324 g/mol. The summed E-state index contributed by atoms with van der Waals surface area (Å²) in [5.74, 6) is 0.571. The molecule has 7 heteroatoms. The number of carbonyl (C=O) groups excluding carboxylic acids is 1. The van der Waals surface area contributed by atoms with Crippen molar-refractivity contribution in [2.75, 3.05) is 10.7 Å². The molecule has 1 aliphatic heterocycles. The molecule has 1 aromatic heterocycles. The van der Waals surface area contributed by atoms with E-state index in [4.69, 9.17) is 0 Å². The summed E-state index contributed by atoms with van der Waals surface area (Å²) in [5, 5.41) is 5.10. The highest BCUT2D eigenvalue weighted by Crippen LogP contribution is 2.35. The lowest BCUT2D eigenvalue weighted by atomic mass is 10.0. The van der Waals surface area contributed by atoms with Crippen LogP contribution in [0.15, 0.2) is 46.9 Å². The summed E-state index contributed by atoms with van der Waals surface area (Å²) >= 11 is 1.40. The van der Waals surface area contributed by atoms with Crippen molar-refractivity contribution >= 4 is 23.4 Å². The molecule has 0 aliphatic carbocycles. The summed E-state index contributed by atoms with van der Waals surface area (Å²) in [5.41, 5.74) is 1.74. The summed E-state index contributed by atoms with van der Waals surface area (Å²) in [4.78, 5) is 29.5. The van der Waals surface area contributed by atoms with Crippen LogP contribution in [-0.2, 0) is 4.79 Å². The number of nitrogens with one attached hydrogen (secondary N) is 1. The van der Waals surface area contributed by atoms with Gasteiger partial charge in [-0.05, 0) is 12.1 Å². The summed E-state index contributed by atoms with van der Waals surface area (Å²) in [6.07, 6.45) is 2.08. The van der Waals surface area contributed by atoms with E-state index in [9.17, 15) is 9.59 Å². The van der Waals surface area contributed by atoms with Crippen LogP contribution in [0, 0.1) is 0 Å². The number of carbonyl (C=O) groups is 1. The zero-order valence-corrected chi connectivity index (χ0v) is 14.5. The Morgan fingerprint density at radius 3 is 2.92 bits per heavy atom. The van der Waals surface area contributed by atoms with Gasteiger partial charge in [-0.15, -0.1) is 6.58 Å². The Labute approximate surface area is 144 Å². The molecule has 0 radical (unpaired) electrons. The maximum atomic E-state index is 12.7. The number of aromatic nitrogens is 3. The Morgan fingerprint density at radius 2 is 2.25 bits per heavy atom. The third kappa shape index (κ3) is 2.65. The van der Waals surface area contributed by atoms with Gasteiger partial charge in [0.1, 0.15) is 0 Å². The van der Waals surface area contributed by atoms with E-state index in [0.29, 0.717) is 28.6 Å². The lowest BCUT2D eigenvalue weighted by molar-refractivity contribution is -0.771. The number of hydrogen-bond acceptors (Lipinski definition) is 4. The molecule has 0 bridgehead atoms. The van der Waals surface area contributed by atoms with Gasteiger partial charge in [-0.2, -0.15) is 0 Å². The van der Waals surface area contributed by atoms with Crippen molar-refractivity contribution in [3.05, 3.63) is 47.3 Å². The van der Waals surface area contributed by atoms with Crippen molar-refractivity contribution in [3.63, 3.8) is 0 Å². The smallest absolute Gasteiger partial charge is 0.291 e. The SMILES string of the molecule is C=CCSc1n[n+]2c(c(=O)[nH]1)-c1ccccc1N(C(C)=O)C2CC. The highest BCUT2D eigenvalue weighted by Gasteiger charge is 2.42. The number of aromatic amines is 1. The van der Waals surface area contributed by atoms with Gasteiger partial charge in [0, 0.05) is 24.2 Å². The van der Waals surface area contributed by atoms with Gasteiger partial charge in [0.15, 0.2) is 0 Å². The zero-order valence-electron chi connectivity index (χ0n) is 13.7. The minimum Gasteiger partial charge on any atom is -0.291 e. The van der Waals surface area contributed by atoms with Gasteiger partial charge in [-0.25, -0.2) is 0 Å². The molecule has 0 fully saturated rings. The Bertz CT molecular complexity index is 862. The fourth-order valence-corrected chi connectivity index (χ4v) is 3.57. The van der Waals surface area contributed by atoms with Gasteiger partial charge in [0.25, 0.3) is 6.17 Å². The first-order valence-electron chi connectivity index (χ1n) is 7.77. The molecule has 1 N–H and O–H groups in total. The van der Waals surface area contributed by atoms with Gasteiger partial charge >= 0.3 is 11.3 Å². The highest BCUT2D eigenvalue weighted by atomic mass is 32.2. The first kappa shape index (κ1) is 16.4. The predicted molar refractivity (Wildman–Crippen MR) is 93.9 cm³/mol. The number of amides is 1. The number of anilines is 1. The number of benzene rings is 1. The third-order valence-corrected chi connectivity index (χ3v) is 4.76. The van der Waals surface area contributed by atoms with Crippen molar-refractivity contribution in [3.8, 4) is 11.3 Å². The first-order valence-corrected chi connectivity index (χ1v) is 8.76. The van der Waals surface area contributed by atoms with Crippen LogP contribution in [0.25, 0.3) is 11.3 Å². The fourth-order valence-electron chi connectivity index (χ4n) is 2.99.